The maximum absolute atomic E-state index is 11.8. The maximum Gasteiger partial charge on any atom is 0.271 e. The maximum atomic E-state index is 11.8. The highest BCUT2D eigenvalue weighted by atomic mass is 16.5. The average molecular weight is 252 g/mol. The van der Waals surface area contributed by atoms with Gasteiger partial charge in [-0.2, -0.15) is 5.10 Å². The zero-order valence-corrected chi connectivity index (χ0v) is 11.0. The van der Waals surface area contributed by atoms with Gasteiger partial charge in [0.1, 0.15) is 6.61 Å². The van der Waals surface area contributed by atoms with Crippen molar-refractivity contribution >= 4 is 5.91 Å². The molecular weight excluding hydrogens is 232 g/mol. The van der Waals surface area contributed by atoms with E-state index in [1.807, 2.05) is 0 Å². The lowest BCUT2D eigenvalue weighted by molar-refractivity contribution is 0.0943. The van der Waals surface area contributed by atoms with Crippen LogP contribution in [-0.2, 0) is 6.54 Å². The zero-order valence-electron chi connectivity index (χ0n) is 11.0. The molecule has 100 valence electrons. The Labute approximate surface area is 107 Å². The third kappa shape index (κ3) is 2.81. The third-order valence-electron chi connectivity index (χ3n) is 3.14. The van der Waals surface area contributed by atoms with Crippen molar-refractivity contribution in [2.24, 2.45) is 0 Å². The van der Waals surface area contributed by atoms with E-state index in [0.717, 1.165) is 26.2 Å². The molecule has 0 saturated carbocycles. The van der Waals surface area contributed by atoms with E-state index in [1.165, 1.54) is 0 Å². The average Bonchev–Trinajstić information content (AvgIpc) is 2.95. The van der Waals surface area contributed by atoms with Gasteiger partial charge >= 0.3 is 0 Å². The van der Waals surface area contributed by atoms with E-state index in [4.69, 9.17) is 4.74 Å². The molecule has 2 rings (SSSR count). The Kier molecular flexibility index (Phi) is 4.19. The summed E-state index contributed by atoms with van der Waals surface area (Å²) in [5.41, 5.74) is 0.434. The van der Waals surface area contributed by atoms with Crippen molar-refractivity contribution in [2.75, 3.05) is 32.8 Å². The van der Waals surface area contributed by atoms with Crippen LogP contribution in [-0.4, -0.2) is 53.4 Å². The molecule has 1 aliphatic heterocycles. The first-order chi connectivity index (χ1) is 8.74. The van der Waals surface area contributed by atoms with Gasteiger partial charge in [-0.25, -0.2) is 4.68 Å². The minimum atomic E-state index is -0.132. The first kappa shape index (κ1) is 12.9. The number of aromatic nitrogens is 2. The summed E-state index contributed by atoms with van der Waals surface area (Å²) in [5.74, 6) is 0.552. The van der Waals surface area contributed by atoms with Crippen LogP contribution in [0.4, 0.5) is 0 Å². The molecule has 1 aromatic heterocycles. The Hall–Kier alpha value is -1.56. The molecule has 0 unspecified atom stereocenters. The lowest BCUT2D eigenvalue weighted by atomic mass is 10.4. The summed E-state index contributed by atoms with van der Waals surface area (Å²) in [6.45, 7) is 9.10. The zero-order chi connectivity index (χ0) is 13.0. The van der Waals surface area contributed by atoms with E-state index in [-0.39, 0.29) is 5.91 Å². The van der Waals surface area contributed by atoms with Crippen LogP contribution in [0.2, 0.25) is 0 Å². The fourth-order valence-corrected chi connectivity index (χ4v) is 1.98. The fourth-order valence-electron chi connectivity index (χ4n) is 1.98. The van der Waals surface area contributed by atoms with E-state index in [9.17, 15) is 4.79 Å². The predicted octanol–water partition coefficient (Wildman–Crippen LogP) is 0.347. The van der Waals surface area contributed by atoms with Crippen molar-refractivity contribution in [3.8, 4) is 5.88 Å². The predicted molar refractivity (Wildman–Crippen MR) is 67.8 cm³/mol. The summed E-state index contributed by atoms with van der Waals surface area (Å²) in [6.07, 6.45) is 0. The number of rotatable bonds is 6. The van der Waals surface area contributed by atoms with Crippen molar-refractivity contribution in [1.29, 1.82) is 0 Å². The standard InChI is InChI=1S/C12H20N4O2/c1-3-15(4-2)6-5-13-12(17)10-9-11-16(14-10)7-8-18-11/h9H,3-8H2,1-2H3,(H,13,17). The molecule has 6 heteroatoms. The molecule has 0 fully saturated rings. The molecule has 1 aromatic rings. The Balaban J connectivity index is 1.81. The van der Waals surface area contributed by atoms with Crippen LogP contribution in [0.1, 0.15) is 24.3 Å². The molecule has 1 amide bonds. The number of carbonyl (C=O) groups excluding carboxylic acids is 1. The van der Waals surface area contributed by atoms with Crippen LogP contribution >= 0.6 is 0 Å². The van der Waals surface area contributed by atoms with E-state index in [2.05, 4.69) is 29.2 Å². The summed E-state index contributed by atoms with van der Waals surface area (Å²) >= 11 is 0. The lowest BCUT2D eigenvalue weighted by Gasteiger charge is -2.17. The Morgan fingerprint density at radius 3 is 3.00 bits per heavy atom. The van der Waals surface area contributed by atoms with Crippen LogP contribution in [0, 0.1) is 0 Å². The number of ether oxygens (including phenoxy) is 1. The minimum absolute atomic E-state index is 0.132. The smallest absolute Gasteiger partial charge is 0.271 e. The largest absolute Gasteiger partial charge is 0.476 e. The number of hydrogen-bond donors (Lipinski definition) is 1. The van der Waals surface area contributed by atoms with Gasteiger partial charge < -0.3 is 15.0 Å². The van der Waals surface area contributed by atoms with Gasteiger partial charge in [0.05, 0.1) is 6.54 Å². The Morgan fingerprint density at radius 2 is 2.33 bits per heavy atom. The molecule has 0 aromatic carbocycles. The van der Waals surface area contributed by atoms with Gasteiger partial charge in [-0.05, 0) is 13.1 Å². The van der Waals surface area contributed by atoms with Gasteiger partial charge in [0, 0.05) is 19.2 Å². The van der Waals surface area contributed by atoms with Gasteiger partial charge in [-0.1, -0.05) is 13.8 Å². The second-order valence-corrected chi connectivity index (χ2v) is 4.22. The van der Waals surface area contributed by atoms with Crippen LogP contribution in [0.15, 0.2) is 6.07 Å². The van der Waals surface area contributed by atoms with E-state index in [1.54, 1.807) is 10.7 Å². The number of nitrogens with one attached hydrogen (secondary N) is 1. The van der Waals surface area contributed by atoms with Crippen molar-refractivity contribution < 1.29 is 9.53 Å². The van der Waals surface area contributed by atoms with Crippen molar-refractivity contribution in [3.05, 3.63) is 11.8 Å². The third-order valence-corrected chi connectivity index (χ3v) is 3.14. The van der Waals surface area contributed by atoms with Gasteiger partial charge in [0.25, 0.3) is 5.91 Å². The highest BCUT2D eigenvalue weighted by molar-refractivity contribution is 5.92. The highest BCUT2D eigenvalue weighted by Crippen LogP contribution is 2.17. The summed E-state index contributed by atoms with van der Waals surface area (Å²) in [7, 11) is 0. The molecule has 0 aliphatic carbocycles. The first-order valence-electron chi connectivity index (χ1n) is 6.45. The Morgan fingerprint density at radius 1 is 1.56 bits per heavy atom. The second kappa shape index (κ2) is 5.86. The van der Waals surface area contributed by atoms with Crippen LogP contribution < -0.4 is 10.1 Å². The Bertz CT molecular complexity index is 391. The highest BCUT2D eigenvalue weighted by Gasteiger charge is 2.18. The fraction of sp³-hybridized carbons (Fsp3) is 0.667. The number of nitrogens with zero attached hydrogens (tertiary/aromatic N) is 3. The number of hydrogen-bond acceptors (Lipinski definition) is 4. The summed E-state index contributed by atoms with van der Waals surface area (Å²) < 4.78 is 7.04. The molecule has 6 nitrogen and oxygen atoms in total. The van der Waals surface area contributed by atoms with Crippen molar-refractivity contribution in [3.63, 3.8) is 0 Å². The summed E-state index contributed by atoms with van der Waals surface area (Å²) in [4.78, 5) is 14.1. The molecule has 0 bridgehead atoms. The van der Waals surface area contributed by atoms with E-state index >= 15 is 0 Å². The minimum Gasteiger partial charge on any atom is -0.476 e. The summed E-state index contributed by atoms with van der Waals surface area (Å²) in [6, 6.07) is 1.69. The van der Waals surface area contributed by atoms with Gasteiger partial charge in [0.2, 0.25) is 5.88 Å². The molecule has 0 radical (unpaired) electrons. The second-order valence-electron chi connectivity index (χ2n) is 4.22. The molecular formula is C12H20N4O2. The normalized spacial score (nSPS) is 13.5. The topological polar surface area (TPSA) is 59.4 Å². The van der Waals surface area contributed by atoms with Crippen LogP contribution in [0.5, 0.6) is 5.88 Å². The quantitative estimate of drug-likeness (QED) is 0.793. The van der Waals surface area contributed by atoms with Crippen molar-refractivity contribution in [2.45, 2.75) is 20.4 Å². The molecule has 0 atom stereocenters. The number of fused-ring (bicyclic) bond motifs is 1. The summed E-state index contributed by atoms with van der Waals surface area (Å²) in [5, 5.41) is 7.07. The molecule has 18 heavy (non-hydrogen) atoms. The number of amides is 1. The van der Waals surface area contributed by atoms with Gasteiger partial charge in [-0.3, -0.25) is 4.79 Å². The van der Waals surface area contributed by atoms with E-state index in [0.29, 0.717) is 24.7 Å². The molecule has 1 N–H and O–H groups in total. The molecule has 2 heterocycles. The molecule has 0 spiro atoms. The van der Waals surface area contributed by atoms with Crippen LogP contribution in [0.3, 0.4) is 0 Å². The lowest BCUT2D eigenvalue weighted by Crippen LogP contribution is -2.35. The molecule has 1 aliphatic rings. The van der Waals surface area contributed by atoms with Crippen molar-refractivity contribution in [1.82, 2.24) is 20.0 Å². The van der Waals surface area contributed by atoms with Gasteiger partial charge in [-0.15, -0.1) is 0 Å². The number of carbonyl (C=O) groups is 1. The number of likely N-dealkylation sites (N-methyl/N-ethyl adjacent to an activating group) is 1. The molecule has 0 saturated heterocycles. The first-order valence-corrected chi connectivity index (χ1v) is 6.45. The van der Waals surface area contributed by atoms with E-state index < -0.39 is 0 Å². The van der Waals surface area contributed by atoms with Crippen LogP contribution in [0.25, 0.3) is 0 Å². The monoisotopic (exact) mass is 252 g/mol. The van der Waals surface area contributed by atoms with Gasteiger partial charge in [0.15, 0.2) is 5.69 Å². The SMILES string of the molecule is CCN(CC)CCNC(=O)c1cc2n(n1)CCO2.